The predicted molar refractivity (Wildman–Crippen MR) is 64.7 cm³/mol. The molecule has 1 aromatic rings. The molecule has 4 nitrogen and oxygen atoms in total. The molecule has 0 unspecified atom stereocenters. The number of likely N-dealkylation sites (N-methyl/N-ethyl adjacent to an activating group) is 1. The first-order valence-electron chi connectivity index (χ1n) is 5.36. The lowest BCUT2D eigenvalue weighted by Crippen LogP contribution is -2.48. The zero-order valence-electron chi connectivity index (χ0n) is 9.90. The first kappa shape index (κ1) is 13.3. The van der Waals surface area contributed by atoms with Gasteiger partial charge in [-0.2, -0.15) is 13.2 Å². The summed E-state index contributed by atoms with van der Waals surface area (Å²) in [5.41, 5.74) is 5.85. The average Bonchev–Trinajstić information content (AvgIpc) is 2.25. The number of carboxylic acids is 1. The Morgan fingerprint density at radius 1 is 1.42 bits per heavy atom. The minimum Gasteiger partial charge on any atom is -0.478 e. The third kappa shape index (κ3) is 2.23. The van der Waals surface area contributed by atoms with Crippen molar-refractivity contribution in [2.24, 2.45) is 0 Å². The number of hydrogen-bond acceptors (Lipinski definition) is 3. The van der Waals surface area contributed by atoms with Crippen molar-refractivity contribution in [1.82, 2.24) is 0 Å². The molecule has 0 aliphatic carbocycles. The normalized spacial score (nSPS) is 18.8. The van der Waals surface area contributed by atoms with Gasteiger partial charge in [0.1, 0.15) is 0 Å². The van der Waals surface area contributed by atoms with Crippen LogP contribution < -0.4 is 10.6 Å². The highest BCUT2D eigenvalue weighted by atomic mass is 19.4. The number of aliphatic carboxylic acids is 1. The number of hydrogen-bond donors (Lipinski definition) is 2. The summed E-state index contributed by atoms with van der Waals surface area (Å²) >= 11 is 0. The first-order chi connectivity index (χ1) is 8.71. The van der Waals surface area contributed by atoms with Crippen LogP contribution in [0.1, 0.15) is 5.56 Å². The Bertz CT molecular complexity index is 567. The molecule has 1 aromatic carbocycles. The summed E-state index contributed by atoms with van der Waals surface area (Å²) in [6.45, 7) is 0. The molecule has 3 N–H and O–H groups in total. The number of nitrogen functional groups attached to an aromatic ring is 1. The van der Waals surface area contributed by atoms with Gasteiger partial charge in [0.05, 0.1) is 5.57 Å². The van der Waals surface area contributed by atoms with Crippen molar-refractivity contribution in [3.05, 3.63) is 29.3 Å². The smallest absolute Gasteiger partial charge is 0.413 e. The minimum atomic E-state index is -4.67. The maximum absolute atomic E-state index is 13.0. The van der Waals surface area contributed by atoms with Crippen LogP contribution in [0, 0.1) is 0 Å². The van der Waals surface area contributed by atoms with E-state index >= 15 is 0 Å². The van der Waals surface area contributed by atoms with Gasteiger partial charge in [-0.3, -0.25) is 0 Å². The van der Waals surface area contributed by atoms with Crippen molar-refractivity contribution in [2.75, 3.05) is 17.7 Å². The van der Waals surface area contributed by atoms with E-state index in [1.165, 1.54) is 25.2 Å². The van der Waals surface area contributed by atoms with E-state index in [0.29, 0.717) is 16.9 Å². The number of carboxylic acid groups (broad SMARTS) is 1. The minimum absolute atomic E-state index is 0.293. The van der Waals surface area contributed by atoms with Crippen LogP contribution in [0.4, 0.5) is 24.5 Å². The Labute approximate surface area is 106 Å². The van der Waals surface area contributed by atoms with Gasteiger partial charge >= 0.3 is 12.1 Å². The number of benzene rings is 1. The molecule has 0 spiro atoms. The fourth-order valence-corrected chi connectivity index (χ4v) is 2.18. The van der Waals surface area contributed by atoms with Gasteiger partial charge in [0.15, 0.2) is 6.04 Å². The molecule has 2 rings (SSSR count). The maximum atomic E-state index is 13.0. The Kier molecular flexibility index (Phi) is 2.92. The predicted octanol–water partition coefficient (Wildman–Crippen LogP) is 2.12. The van der Waals surface area contributed by atoms with E-state index in [9.17, 15) is 18.0 Å². The second-order valence-corrected chi connectivity index (χ2v) is 4.28. The summed E-state index contributed by atoms with van der Waals surface area (Å²) in [4.78, 5) is 11.9. The fourth-order valence-electron chi connectivity index (χ4n) is 2.18. The fraction of sp³-hybridized carbons (Fsp3) is 0.250. The molecule has 0 amide bonds. The molecule has 0 bridgehead atoms. The van der Waals surface area contributed by atoms with Crippen molar-refractivity contribution in [3.63, 3.8) is 0 Å². The zero-order valence-corrected chi connectivity index (χ0v) is 9.90. The highest BCUT2D eigenvalue weighted by Crippen LogP contribution is 2.39. The summed E-state index contributed by atoms with van der Waals surface area (Å²) in [7, 11) is 1.21. The average molecular weight is 272 g/mol. The number of nitrogens with two attached hydrogens (primary N) is 1. The van der Waals surface area contributed by atoms with Crippen molar-refractivity contribution in [3.8, 4) is 0 Å². The molecule has 1 aliphatic rings. The topological polar surface area (TPSA) is 66.6 Å². The van der Waals surface area contributed by atoms with E-state index in [1.807, 2.05) is 0 Å². The molecule has 0 saturated heterocycles. The van der Waals surface area contributed by atoms with Crippen LogP contribution in [-0.4, -0.2) is 30.3 Å². The van der Waals surface area contributed by atoms with Gasteiger partial charge in [-0.25, -0.2) is 4.79 Å². The molecule has 102 valence electrons. The van der Waals surface area contributed by atoms with Crippen LogP contribution in [-0.2, 0) is 4.79 Å². The quantitative estimate of drug-likeness (QED) is 0.768. The Balaban J connectivity index is 2.64. The highest BCUT2D eigenvalue weighted by Gasteiger charge is 2.49. The van der Waals surface area contributed by atoms with E-state index in [1.54, 1.807) is 0 Å². The monoisotopic (exact) mass is 272 g/mol. The van der Waals surface area contributed by atoms with Gasteiger partial charge in [-0.15, -0.1) is 0 Å². The second kappa shape index (κ2) is 4.18. The number of fused-ring (bicyclic) bond motifs is 1. The molecule has 1 heterocycles. The van der Waals surface area contributed by atoms with E-state index in [2.05, 4.69) is 0 Å². The second-order valence-electron chi connectivity index (χ2n) is 4.28. The van der Waals surface area contributed by atoms with Crippen LogP contribution in [0.3, 0.4) is 0 Å². The number of rotatable bonds is 1. The van der Waals surface area contributed by atoms with Gasteiger partial charge in [-0.05, 0) is 24.3 Å². The number of anilines is 2. The number of carbonyl (C=O) groups is 1. The van der Waals surface area contributed by atoms with Crippen molar-refractivity contribution in [1.29, 1.82) is 0 Å². The third-order valence-corrected chi connectivity index (χ3v) is 2.98. The molecular weight excluding hydrogens is 261 g/mol. The third-order valence-electron chi connectivity index (χ3n) is 2.98. The van der Waals surface area contributed by atoms with Crippen LogP contribution in [0.25, 0.3) is 6.08 Å². The van der Waals surface area contributed by atoms with Crippen molar-refractivity contribution < 1.29 is 23.1 Å². The van der Waals surface area contributed by atoms with E-state index in [4.69, 9.17) is 10.8 Å². The Morgan fingerprint density at radius 3 is 2.58 bits per heavy atom. The standard InChI is InChI=1S/C12H11F3N2O2/c1-17-9-3-2-7(16)4-6(9)5-8(11(18)19)10(17)12(13,14)15/h2-5,10H,16H2,1H3,(H,18,19)/t10-/m0/s1. The summed E-state index contributed by atoms with van der Waals surface area (Å²) in [5, 5.41) is 8.96. The molecule has 19 heavy (non-hydrogen) atoms. The summed E-state index contributed by atoms with van der Waals surface area (Å²) in [6.07, 6.45) is -3.65. The molecule has 0 saturated carbocycles. The van der Waals surface area contributed by atoms with Gasteiger partial charge < -0.3 is 15.7 Å². The van der Waals surface area contributed by atoms with Crippen molar-refractivity contribution in [2.45, 2.75) is 12.2 Å². The lowest BCUT2D eigenvalue weighted by Gasteiger charge is -2.36. The molecule has 1 atom stereocenters. The van der Waals surface area contributed by atoms with Crippen LogP contribution in [0.5, 0.6) is 0 Å². The molecule has 0 fully saturated rings. The van der Waals surface area contributed by atoms with Crippen LogP contribution in [0.15, 0.2) is 23.8 Å². The largest absolute Gasteiger partial charge is 0.478 e. The molecular formula is C12H11F3N2O2. The maximum Gasteiger partial charge on any atom is 0.413 e. The number of halogens is 3. The molecule has 0 aromatic heterocycles. The summed E-state index contributed by atoms with van der Waals surface area (Å²) in [5.74, 6) is -1.60. The molecule has 1 aliphatic heterocycles. The van der Waals surface area contributed by atoms with E-state index in [-0.39, 0.29) is 0 Å². The Morgan fingerprint density at radius 2 is 2.05 bits per heavy atom. The van der Waals surface area contributed by atoms with Gasteiger partial charge in [0, 0.05) is 24.0 Å². The van der Waals surface area contributed by atoms with E-state index in [0.717, 1.165) is 11.0 Å². The highest BCUT2D eigenvalue weighted by molar-refractivity contribution is 5.98. The number of nitrogens with zero attached hydrogens (tertiary/aromatic N) is 1. The van der Waals surface area contributed by atoms with Gasteiger partial charge in [0.25, 0.3) is 0 Å². The summed E-state index contributed by atoms with van der Waals surface area (Å²) < 4.78 is 39.0. The van der Waals surface area contributed by atoms with Crippen LogP contribution in [0.2, 0.25) is 0 Å². The summed E-state index contributed by atoms with van der Waals surface area (Å²) in [6, 6.07) is 2.20. The lowest BCUT2D eigenvalue weighted by atomic mass is 9.95. The molecule has 0 radical (unpaired) electrons. The van der Waals surface area contributed by atoms with Crippen molar-refractivity contribution >= 4 is 23.4 Å². The SMILES string of the molecule is CN1c2ccc(N)cc2C=C(C(=O)O)[C@H]1C(F)(F)F. The lowest BCUT2D eigenvalue weighted by molar-refractivity contribution is -0.150. The van der Waals surface area contributed by atoms with Crippen LogP contribution >= 0.6 is 0 Å². The first-order valence-corrected chi connectivity index (χ1v) is 5.36. The van der Waals surface area contributed by atoms with E-state index < -0.39 is 23.8 Å². The van der Waals surface area contributed by atoms with Gasteiger partial charge in [-0.1, -0.05) is 0 Å². The molecule has 7 heteroatoms. The Hall–Kier alpha value is -2.18. The number of alkyl halides is 3. The zero-order chi connectivity index (χ0) is 14.4. The van der Waals surface area contributed by atoms with Gasteiger partial charge in [0.2, 0.25) is 0 Å².